The largest absolute Gasteiger partial charge is 0.516 e. The molecule has 2 fully saturated rings. The van der Waals surface area contributed by atoms with Crippen molar-refractivity contribution in [2.75, 3.05) is 0 Å². The van der Waals surface area contributed by atoms with Gasteiger partial charge in [-0.1, -0.05) is 39.3 Å². The van der Waals surface area contributed by atoms with Gasteiger partial charge in [0.2, 0.25) is 0 Å². The van der Waals surface area contributed by atoms with Crippen LogP contribution in [0.1, 0.15) is 72.6 Å². The molecule has 2 aliphatic carbocycles. The van der Waals surface area contributed by atoms with Crippen LogP contribution in [0.4, 0.5) is 0 Å². The highest BCUT2D eigenvalue weighted by Crippen LogP contribution is 2.61. The van der Waals surface area contributed by atoms with Gasteiger partial charge in [-0.05, 0) is 73.7 Å². The molecule has 0 aromatic carbocycles. The summed E-state index contributed by atoms with van der Waals surface area (Å²) < 4.78 is 0. The third-order valence-corrected chi connectivity index (χ3v) is 6.37. The predicted octanol–water partition coefficient (Wildman–Crippen LogP) is 6.03. The molecule has 0 amide bonds. The van der Waals surface area contributed by atoms with Gasteiger partial charge in [0.1, 0.15) is 0 Å². The van der Waals surface area contributed by atoms with Gasteiger partial charge >= 0.3 is 0 Å². The van der Waals surface area contributed by atoms with Gasteiger partial charge in [-0.25, -0.2) is 0 Å². The minimum atomic E-state index is 0.423. The molecular formula is C19H32O. The molecule has 0 aliphatic heterocycles. The van der Waals surface area contributed by atoms with Crippen molar-refractivity contribution in [2.24, 2.45) is 22.7 Å². The summed E-state index contributed by atoms with van der Waals surface area (Å²) in [5, 5.41) is 9.13. The molecule has 2 rings (SSSR count). The Kier molecular flexibility index (Phi) is 4.37. The summed E-state index contributed by atoms with van der Waals surface area (Å²) in [5.41, 5.74) is 3.46. The van der Waals surface area contributed by atoms with E-state index in [-0.39, 0.29) is 0 Å². The average Bonchev–Trinajstić information content (AvgIpc) is 2.36. The second kappa shape index (κ2) is 5.58. The van der Waals surface area contributed by atoms with Crippen molar-refractivity contribution < 1.29 is 5.11 Å². The third-order valence-electron chi connectivity index (χ3n) is 6.37. The second-order valence-corrected chi connectivity index (χ2v) is 8.16. The van der Waals surface area contributed by atoms with Crippen LogP contribution in [0, 0.1) is 22.7 Å². The fraction of sp³-hybridized carbons (Fsp3) is 0.789. The van der Waals surface area contributed by atoms with Crippen LogP contribution in [0.25, 0.3) is 0 Å². The maximum absolute atomic E-state index is 9.13. The van der Waals surface area contributed by atoms with Crippen LogP contribution in [0.2, 0.25) is 0 Å². The Morgan fingerprint density at radius 3 is 2.70 bits per heavy atom. The van der Waals surface area contributed by atoms with Crippen molar-refractivity contribution in [3.8, 4) is 0 Å². The summed E-state index contributed by atoms with van der Waals surface area (Å²) in [5.74, 6) is 1.47. The van der Waals surface area contributed by atoms with E-state index in [1.165, 1.54) is 43.9 Å². The lowest BCUT2D eigenvalue weighted by Crippen LogP contribution is -2.49. The van der Waals surface area contributed by atoms with Gasteiger partial charge in [-0.3, -0.25) is 0 Å². The smallest absolute Gasteiger partial charge is 0.0780 e. The molecule has 0 aromatic rings. The molecule has 1 nitrogen and oxygen atoms in total. The van der Waals surface area contributed by atoms with Gasteiger partial charge in [0.15, 0.2) is 0 Å². The Morgan fingerprint density at radius 1 is 1.35 bits per heavy atom. The van der Waals surface area contributed by atoms with Gasteiger partial charge in [0.05, 0.1) is 6.26 Å². The number of aliphatic hydroxyl groups is 1. The SMILES string of the molecule is C=C1CC[C@H]2C(C)(C)CCC[C@]2(C)[C@H]1CC/C(C)=C/O. The van der Waals surface area contributed by atoms with Gasteiger partial charge in [0, 0.05) is 0 Å². The van der Waals surface area contributed by atoms with E-state index in [2.05, 4.69) is 27.4 Å². The molecule has 114 valence electrons. The van der Waals surface area contributed by atoms with E-state index in [0.29, 0.717) is 16.7 Å². The number of hydrogen-bond acceptors (Lipinski definition) is 1. The van der Waals surface area contributed by atoms with E-state index in [9.17, 15) is 0 Å². The molecule has 0 aromatic heterocycles. The number of hydrogen-bond donors (Lipinski definition) is 1. The molecule has 0 bridgehead atoms. The fourth-order valence-electron chi connectivity index (χ4n) is 5.24. The Hall–Kier alpha value is -0.720. The third kappa shape index (κ3) is 2.69. The monoisotopic (exact) mass is 276 g/mol. The Balaban J connectivity index is 2.22. The van der Waals surface area contributed by atoms with Crippen LogP contribution < -0.4 is 0 Å². The maximum atomic E-state index is 9.13. The summed E-state index contributed by atoms with van der Waals surface area (Å²) in [6.45, 7) is 13.9. The minimum Gasteiger partial charge on any atom is -0.516 e. The van der Waals surface area contributed by atoms with Crippen molar-refractivity contribution in [3.05, 3.63) is 24.0 Å². The number of rotatable bonds is 3. The molecule has 0 spiro atoms. The molecule has 2 aliphatic rings. The standard InChI is InChI=1S/C19H32O/c1-14(13-20)7-9-16-15(2)8-10-17-18(3,4)11-6-12-19(16,17)5/h13,16-17,20H,2,6-12H2,1,3-5H3/b14-13+/t16-,17-,19+/m0/s1. The summed E-state index contributed by atoms with van der Waals surface area (Å²) in [6, 6.07) is 0. The Bertz CT molecular complexity index is 404. The molecule has 20 heavy (non-hydrogen) atoms. The molecule has 0 unspecified atom stereocenters. The average molecular weight is 276 g/mol. The molecule has 1 N–H and O–H groups in total. The highest BCUT2D eigenvalue weighted by molar-refractivity contribution is 5.16. The predicted molar refractivity (Wildman–Crippen MR) is 86.7 cm³/mol. The van der Waals surface area contributed by atoms with Crippen molar-refractivity contribution >= 4 is 0 Å². The highest BCUT2D eigenvalue weighted by atomic mass is 16.2. The van der Waals surface area contributed by atoms with Crippen LogP contribution in [0.15, 0.2) is 24.0 Å². The van der Waals surface area contributed by atoms with Crippen molar-refractivity contribution in [3.63, 3.8) is 0 Å². The van der Waals surface area contributed by atoms with E-state index >= 15 is 0 Å². The summed E-state index contributed by atoms with van der Waals surface area (Å²) in [7, 11) is 0. The number of aliphatic hydroxyl groups excluding tert-OH is 1. The van der Waals surface area contributed by atoms with Gasteiger partial charge in [-0.2, -0.15) is 0 Å². The quantitative estimate of drug-likeness (QED) is 0.493. The van der Waals surface area contributed by atoms with E-state index < -0.39 is 0 Å². The van der Waals surface area contributed by atoms with Crippen molar-refractivity contribution in [1.29, 1.82) is 0 Å². The summed E-state index contributed by atoms with van der Waals surface area (Å²) in [4.78, 5) is 0. The fourth-order valence-corrected chi connectivity index (χ4v) is 5.24. The lowest BCUT2D eigenvalue weighted by Gasteiger charge is -2.58. The zero-order valence-electron chi connectivity index (χ0n) is 13.8. The van der Waals surface area contributed by atoms with Crippen LogP contribution >= 0.6 is 0 Å². The van der Waals surface area contributed by atoms with Crippen molar-refractivity contribution in [2.45, 2.75) is 72.6 Å². The first kappa shape index (κ1) is 15.7. The zero-order chi connectivity index (χ0) is 15.0. The first-order chi connectivity index (χ1) is 9.31. The molecule has 2 saturated carbocycles. The second-order valence-electron chi connectivity index (χ2n) is 8.16. The first-order valence-electron chi connectivity index (χ1n) is 8.29. The van der Waals surface area contributed by atoms with Crippen LogP contribution in [-0.2, 0) is 0 Å². The van der Waals surface area contributed by atoms with Crippen LogP contribution in [-0.4, -0.2) is 5.11 Å². The maximum Gasteiger partial charge on any atom is 0.0780 e. The molecular weight excluding hydrogens is 244 g/mol. The molecule has 1 heteroatoms. The van der Waals surface area contributed by atoms with E-state index in [4.69, 9.17) is 5.11 Å². The molecule has 0 saturated heterocycles. The normalized spacial score (nSPS) is 37.6. The van der Waals surface area contributed by atoms with Crippen LogP contribution in [0.5, 0.6) is 0 Å². The summed E-state index contributed by atoms with van der Waals surface area (Å²) >= 11 is 0. The summed E-state index contributed by atoms with van der Waals surface area (Å²) in [6.07, 6.45) is 10.1. The van der Waals surface area contributed by atoms with E-state index in [1.807, 2.05) is 6.92 Å². The van der Waals surface area contributed by atoms with Gasteiger partial charge < -0.3 is 5.11 Å². The van der Waals surface area contributed by atoms with E-state index in [0.717, 1.165) is 24.3 Å². The van der Waals surface area contributed by atoms with Crippen LogP contribution in [0.3, 0.4) is 0 Å². The molecule has 0 heterocycles. The van der Waals surface area contributed by atoms with E-state index in [1.54, 1.807) is 0 Å². The van der Waals surface area contributed by atoms with Gasteiger partial charge in [-0.15, -0.1) is 0 Å². The highest BCUT2D eigenvalue weighted by Gasteiger charge is 2.52. The Morgan fingerprint density at radius 2 is 2.05 bits per heavy atom. The first-order valence-corrected chi connectivity index (χ1v) is 8.29. The minimum absolute atomic E-state index is 0.423. The lowest BCUT2D eigenvalue weighted by atomic mass is 9.47. The van der Waals surface area contributed by atoms with Gasteiger partial charge in [0.25, 0.3) is 0 Å². The number of allylic oxidation sites excluding steroid dienone is 2. The zero-order valence-corrected chi connectivity index (χ0v) is 13.8. The topological polar surface area (TPSA) is 20.2 Å². The van der Waals surface area contributed by atoms with Crippen molar-refractivity contribution in [1.82, 2.24) is 0 Å². The molecule has 3 atom stereocenters. The lowest BCUT2D eigenvalue weighted by molar-refractivity contribution is -0.0539. The number of fused-ring (bicyclic) bond motifs is 1. The molecule has 0 radical (unpaired) electrons. The Labute approximate surface area is 125 Å².